The number of anilines is 2. The molecular weight excluding hydrogens is 390 g/mol. The van der Waals surface area contributed by atoms with Gasteiger partial charge in [0.1, 0.15) is 0 Å². The van der Waals surface area contributed by atoms with Crippen molar-refractivity contribution in [3.05, 3.63) is 75.3 Å². The van der Waals surface area contributed by atoms with Crippen LogP contribution in [0.5, 0.6) is 0 Å². The van der Waals surface area contributed by atoms with E-state index in [0.717, 1.165) is 33.1 Å². The first-order valence-corrected chi connectivity index (χ1v) is 10.4. The summed E-state index contributed by atoms with van der Waals surface area (Å²) in [6, 6.07) is 13.9. The second-order valence-corrected chi connectivity index (χ2v) is 8.08. The van der Waals surface area contributed by atoms with Crippen LogP contribution in [0.25, 0.3) is 0 Å². The number of carbonyl (C=O) groups excluding carboxylic acids is 1. The lowest BCUT2D eigenvalue weighted by Crippen LogP contribution is -2.24. The highest BCUT2D eigenvalue weighted by Gasteiger charge is 2.21. The van der Waals surface area contributed by atoms with E-state index in [2.05, 4.69) is 12.2 Å². The van der Waals surface area contributed by atoms with Crippen LogP contribution in [0.1, 0.15) is 42.3 Å². The molecule has 1 heterocycles. The van der Waals surface area contributed by atoms with Crippen LogP contribution in [-0.2, 0) is 11.3 Å². The highest BCUT2D eigenvalue weighted by atomic mass is 35.5. The van der Waals surface area contributed by atoms with E-state index in [1.807, 2.05) is 61.7 Å². The SMILES string of the molecule is CC(=O)N(c1nc(CN[C@@H](C)c2ccccc2Cl)cs1)c1c(C)cccc1C. The average Bonchev–Trinajstić information content (AvgIpc) is 3.11. The first-order chi connectivity index (χ1) is 13.4. The first kappa shape index (κ1) is 20.5. The Labute approximate surface area is 175 Å². The Hall–Kier alpha value is -2.21. The maximum atomic E-state index is 12.4. The summed E-state index contributed by atoms with van der Waals surface area (Å²) in [4.78, 5) is 18.8. The number of aromatic nitrogens is 1. The summed E-state index contributed by atoms with van der Waals surface area (Å²) < 4.78 is 0. The standard InChI is InChI=1S/C22H24ClN3OS/c1-14-8-7-9-15(2)21(14)26(17(4)27)22-25-18(13-28-22)12-24-16(3)19-10-5-6-11-20(19)23/h5-11,13,16,24H,12H2,1-4H3/t16-/m0/s1. The van der Waals surface area contributed by atoms with E-state index in [9.17, 15) is 4.79 Å². The first-order valence-electron chi connectivity index (χ1n) is 9.17. The predicted octanol–water partition coefficient (Wildman–Crippen LogP) is 5.95. The van der Waals surface area contributed by atoms with Crippen molar-refractivity contribution in [1.29, 1.82) is 0 Å². The molecule has 3 aromatic rings. The summed E-state index contributed by atoms with van der Waals surface area (Å²) in [7, 11) is 0. The number of thiazole rings is 1. The fourth-order valence-electron chi connectivity index (χ4n) is 3.22. The van der Waals surface area contributed by atoms with Gasteiger partial charge in [-0.15, -0.1) is 11.3 Å². The molecule has 0 saturated heterocycles. The van der Waals surface area contributed by atoms with Crippen molar-refractivity contribution in [3.63, 3.8) is 0 Å². The van der Waals surface area contributed by atoms with Gasteiger partial charge in [-0.3, -0.25) is 9.69 Å². The van der Waals surface area contributed by atoms with Crippen LogP contribution in [0, 0.1) is 13.8 Å². The van der Waals surface area contributed by atoms with Crippen molar-refractivity contribution in [2.45, 2.75) is 40.3 Å². The lowest BCUT2D eigenvalue weighted by molar-refractivity contribution is -0.115. The van der Waals surface area contributed by atoms with Crippen LogP contribution in [0.2, 0.25) is 5.02 Å². The van der Waals surface area contributed by atoms with Gasteiger partial charge in [-0.2, -0.15) is 0 Å². The quantitative estimate of drug-likeness (QED) is 0.543. The maximum Gasteiger partial charge on any atom is 0.230 e. The normalized spacial score (nSPS) is 12.0. The third-order valence-electron chi connectivity index (χ3n) is 4.67. The molecule has 1 N–H and O–H groups in total. The van der Waals surface area contributed by atoms with Gasteiger partial charge in [0.2, 0.25) is 5.91 Å². The molecule has 1 amide bonds. The Balaban J connectivity index is 1.78. The third-order valence-corrected chi connectivity index (χ3v) is 5.89. The van der Waals surface area contributed by atoms with E-state index in [4.69, 9.17) is 16.6 Å². The van der Waals surface area contributed by atoms with E-state index in [1.165, 1.54) is 11.3 Å². The molecule has 4 nitrogen and oxygen atoms in total. The largest absolute Gasteiger partial charge is 0.304 e. The van der Waals surface area contributed by atoms with Gasteiger partial charge in [0.15, 0.2) is 5.13 Å². The number of amides is 1. The molecule has 0 spiro atoms. The Kier molecular flexibility index (Phi) is 6.50. The van der Waals surface area contributed by atoms with E-state index in [-0.39, 0.29) is 11.9 Å². The highest BCUT2D eigenvalue weighted by Crippen LogP contribution is 2.34. The molecule has 0 radical (unpaired) electrons. The maximum absolute atomic E-state index is 12.4. The predicted molar refractivity (Wildman–Crippen MR) is 118 cm³/mol. The fraction of sp³-hybridized carbons (Fsp3) is 0.273. The van der Waals surface area contributed by atoms with Gasteiger partial charge < -0.3 is 5.32 Å². The number of nitrogens with zero attached hydrogens (tertiary/aromatic N) is 2. The molecule has 28 heavy (non-hydrogen) atoms. The molecule has 0 unspecified atom stereocenters. The average molecular weight is 414 g/mol. The Morgan fingerprint density at radius 1 is 1.18 bits per heavy atom. The second-order valence-electron chi connectivity index (χ2n) is 6.84. The van der Waals surface area contributed by atoms with Crippen molar-refractivity contribution < 1.29 is 4.79 Å². The molecule has 0 bridgehead atoms. The van der Waals surface area contributed by atoms with Gasteiger partial charge in [-0.05, 0) is 43.5 Å². The molecule has 0 fully saturated rings. The third kappa shape index (κ3) is 4.43. The molecule has 0 aliphatic rings. The van der Waals surface area contributed by atoms with Gasteiger partial charge in [0.25, 0.3) is 0 Å². The summed E-state index contributed by atoms with van der Waals surface area (Å²) in [6.07, 6.45) is 0. The number of halogens is 1. The number of nitrogens with one attached hydrogen (secondary N) is 1. The summed E-state index contributed by atoms with van der Waals surface area (Å²) in [5.41, 5.74) is 4.97. The lowest BCUT2D eigenvalue weighted by Gasteiger charge is -2.22. The Bertz CT molecular complexity index is 965. The topological polar surface area (TPSA) is 45.2 Å². The molecule has 2 aromatic carbocycles. The van der Waals surface area contributed by atoms with Crippen molar-refractivity contribution in [1.82, 2.24) is 10.3 Å². The zero-order valence-electron chi connectivity index (χ0n) is 16.5. The molecule has 6 heteroatoms. The van der Waals surface area contributed by atoms with Crippen molar-refractivity contribution >= 4 is 39.7 Å². The molecule has 146 valence electrons. The Morgan fingerprint density at radius 3 is 2.50 bits per heavy atom. The molecule has 0 aliphatic carbocycles. The zero-order valence-corrected chi connectivity index (χ0v) is 18.1. The summed E-state index contributed by atoms with van der Waals surface area (Å²) in [6.45, 7) is 8.28. The Morgan fingerprint density at radius 2 is 1.86 bits per heavy atom. The number of benzene rings is 2. The van der Waals surface area contributed by atoms with Crippen LogP contribution >= 0.6 is 22.9 Å². The summed E-state index contributed by atoms with van der Waals surface area (Å²) in [5.74, 6) is -0.0457. The van der Waals surface area contributed by atoms with Crippen LogP contribution in [0.3, 0.4) is 0 Å². The molecule has 0 aliphatic heterocycles. The van der Waals surface area contributed by atoms with Crippen LogP contribution in [0.4, 0.5) is 10.8 Å². The minimum atomic E-state index is -0.0457. The van der Waals surface area contributed by atoms with E-state index < -0.39 is 0 Å². The van der Waals surface area contributed by atoms with Crippen molar-refractivity contribution in [2.24, 2.45) is 0 Å². The van der Waals surface area contributed by atoms with Crippen LogP contribution < -0.4 is 10.2 Å². The zero-order chi connectivity index (χ0) is 20.3. The van der Waals surface area contributed by atoms with Gasteiger partial charge in [0, 0.05) is 29.9 Å². The smallest absolute Gasteiger partial charge is 0.230 e. The van der Waals surface area contributed by atoms with E-state index in [0.29, 0.717) is 11.7 Å². The summed E-state index contributed by atoms with van der Waals surface area (Å²) in [5, 5.41) is 6.88. The van der Waals surface area contributed by atoms with E-state index >= 15 is 0 Å². The minimum Gasteiger partial charge on any atom is -0.304 e. The van der Waals surface area contributed by atoms with Gasteiger partial charge in [0.05, 0.1) is 11.4 Å². The number of rotatable bonds is 6. The molecule has 1 aromatic heterocycles. The van der Waals surface area contributed by atoms with Gasteiger partial charge >= 0.3 is 0 Å². The molecular formula is C22H24ClN3OS. The molecule has 3 rings (SSSR count). The number of carbonyl (C=O) groups is 1. The van der Waals surface area contributed by atoms with Gasteiger partial charge in [-0.1, -0.05) is 48.0 Å². The van der Waals surface area contributed by atoms with Crippen LogP contribution in [0.15, 0.2) is 47.8 Å². The number of hydrogen-bond donors (Lipinski definition) is 1. The van der Waals surface area contributed by atoms with Crippen molar-refractivity contribution in [2.75, 3.05) is 4.90 Å². The minimum absolute atomic E-state index is 0.0457. The number of hydrogen-bond acceptors (Lipinski definition) is 4. The molecule has 0 saturated carbocycles. The van der Waals surface area contributed by atoms with E-state index in [1.54, 1.807) is 11.8 Å². The second kappa shape index (κ2) is 8.86. The fourth-order valence-corrected chi connectivity index (χ4v) is 4.39. The van der Waals surface area contributed by atoms with Crippen molar-refractivity contribution in [3.8, 4) is 0 Å². The number of aryl methyl sites for hydroxylation is 2. The number of para-hydroxylation sites is 1. The van der Waals surface area contributed by atoms with Gasteiger partial charge in [-0.25, -0.2) is 4.98 Å². The lowest BCUT2D eigenvalue weighted by atomic mass is 10.1. The molecule has 1 atom stereocenters. The van der Waals surface area contributed by atoms with Crippen LogP contribution in [-0.4, -0.2) is 10.9 Å². The summed E-state index contributed by atoms with van der Waals surface area (Å²) >= 11 is 7.76. The monoisotopic (exact) mass is 413 g/mol. The highest BCUT2D eigenvalue weighted by molar-refractivity contribution is 7.14.